The molecule has 1 aliphatic rings. The van der Waals surface area contributed by atoms with E-state index < -0.39 is 5.82 Å². The van der Waals surface area contributed by atoms with Gasteiger partial charge in [0.15, 0.2) is 0 Å². The second-order valence-corrected chi connectivity index (χ2v) is 4.51. The Balaban J connectivity index is 1.59. The van der Waals surface area contributed by atoms with Gasteiger partial charge in [-0.05, 0) is 36.5 Å². The quantitative estimate of drug-likeness (QED) is 0.715. The van der Waals surface area contributed by atoms with E-state index in [2.05, 4.69) is 5.32 Å². The van der Waals surface area contributed by atoms with Crippen molar-refractivity contribution in [1.82, 2.24) is 5.32 Å². The summed E-state index contributed by atoms with van der Waals surface area (Å²) in [6.45, 7) is 2.82. The zero-order valence-electron chi connectivity index (χ0n) is 9.79. The van der Waals surface area contributed by atoms with Crippen molar-refractivity contribution in [2.24, 2.45) is 5.92 Å². The molecule has 0 bridgehead atoms. The molecule has 3 nitrogen and oxygen atoms in total. The highest BCUT2D eigenvalue weighted by molar-refractivity contribution is 5.28. The predicted octanol–water partition coefficient (Wildman–Crippen LogP) is 2.05. The van der Waals surface area contributed by atoms with Crippen molar-refractivity contribution in [2.75, 3.05) is 19.8 Å². The Bertz CT molecular complexity index is 346. The largest absolute Gasteiger partial charge is 0.508 e. The van der Waals surface area contributed by atoms with Crippen LogP contribution in [0.4, 0.5) is 4.39 Å². The lowest BCUT2D eigenvalue weighted by Crippen LogP contribution is -2.19. The second-order valence-electron chi connectivity index (χ2n) is 4.51. The second kappa shape index (κ2) is 5.98. The van der Waals surface area contributed by atoms with E-state index >= 15 is 0 Å². The van der Waals surface area contributed by atoms with Crippen LogP contribution in [0.15, 0.2) is 18.2 Å². The van der Waals surface area contributed by atoms with Crippen LogP contribution >= 0.6 is 0 Å². The third kappa shape index (κ3) is 4.71. The van der Waals surface area contributed by atoms with E-state index in [1.165, 1.54) is 18.9 Å². The van der Waals surface area contributed by atoms with E-state index in [4.69, 9.17) is 4.74 Å². The lowest BCUT2D eigenvalue weighted by atomic mass is 10.2. The van der Waals surface area contributed by atoms with Crippen molar-refractivity contribution in [2.45, 2.75) is 19.4 Å². The highest BCUT2D eigenvalue weighted by Crippen LogP contribution is 2.28. The monoisotopic (exact) mass is 239 g/mol. The summed E-state index contributed by atoms with van der Waals surface area (Å²) in [5.41, 5.74) is 0.740. The molecule has 0 heterocycles. The average molecular weight is 239 g/mol. The molecule has 2 N–H and O–H groups in total. The van der Waals surface area contributed by atoms with Crippen LogP contribution in [-0.4, -0.2) is 24.9 Å². The third-order valence-electron chi connectivity index (χ3n) is 2.75. The molecular weight excluding hydrogens is 221 g/mol. The molecule has 94 valence electrons. The molecule has 1 fully saturated rings. The van der Waals surface area contributed by atoms with Gasteiger partial charge in [0, 0.05) is 25.8 Å². The number of phenolic OH excluding ortho intramolecular Hbond substituents is 1. The molecule has 0 unspecified atom stereocenters. The number of ether oxygens (including phenoxy) is 1. The lowest BCUT2D eigenvalue weighted by molar-refractivity contribution is 0.126. The molecular formula is C13H18FNO2. The maximum Gasteiger partial charge on any atom is 0.127 e. The number of phenols is 1. The van der Waals surface area contributed by atoms with E-state index in [0.29, 0.717) is 13.2 Å². The van der Waals surface area contributed by atoms with Gasteiger partial charge in [-0.3, -0.25) is 0 Å². The van der Waals surface area contributed by atoms with Gasteiger partial charge in [-0.1, -0.05) is 0 Å². The summed E-state index contributed by atoms with van der Waals surface area (Å²) in [6.07, 6.45) is 2.60. The molecule has 0 aromatic heterocycles. The first-order valence-corrected chi connectivity index (χ1v) is 6.01. The summed E-state index contributed by atoms with van der Waals surface area (Å²) < 4.78 is 18.4. The maximum absolute atomic E-state index is 12.9. The molecule has 1 aromatic rings. The number of hydrogen-bond donors (Lipinski definition) is 2. The first kappa shape index (κ1) is 12.3. The van der Waals surface area contributed by atoms with Crippen LogP contribution in [0.2, 0.25) is 0 Å². The van der Waals surface area contributed by atoms with Crippen LogP contribution in [-0.2, 0) is 11.3 Å². The van der Waals surface area contributed by atoms with Crippen molar-refractivity contribution >= 4 is 0 Å². The molecule has 0 atom stereocenters. The third-order valence-corrected chi connectivity index (χ3v) is 2.75. The van der Waals surface area contributed by atoms with E-state index in [9.17, 15) is 9.50 Å². The number of benzene rings is 1. The Kier molecular flexibility index (Phi) is 4.34. The highest BCUT2D eigenvalue weighted by atomic mass is 19.1. The fourth-order valence-corrected chi connectivity index (χ4v) is 1.65. The van der Waals surface area contributed by atoms with Gasteiger partial charge in [0.1, 0.15) is 11.6 Å². The molecule has 0 aliphatic heterocycles. The van der Waals surface area contributed by atoms with E-state index in [1.54, 1.807) is 6.07 Å². The average Bonchev–Trinajstić information content (AvgIpc) is 3.05. The van der Waals surface area contributed by atoms with Crippen LogP contribution in [0.3, 0.4) is 0 Å². The van der Waals surface area contributed by atoms with Gasteiger partial charge >= 0.3 is 0 Å². The first-order valence-electron chi connectivity index (χ1n) is 6.01. The molecule has 1 aromatic carbocycles. The van der Waals surface area contributed by atoms with Gasteiger partial charge < -0.3 is 15.2 Å². The number of halogens is 1. The molecule has 1 saturated carbocycles. The SMILES string of the molecule is Oc1cc(F)cc(CNCCOCC2CC2)c1. The number of nitrogens with one attached hydrogen (secondary N) is 1. The molecule has 2 rings (SSSR count). The van der Waals surface area contributed by atoms with Gasteiger partial charge in [0.25, 0.3) is 0 Å². The molecule has 17 heavy (non-hydrogen) atoms. The van der Waals surface area contributed by atoms with Crippen molar-refractivity contribution in [3.05, 3.63) is 29.6 Å². The zero-order valence-corrected chi connectivity index (χ0v) is 9.79. The summed E-state index contributed by atoms with van der Waals surface area (Å²) in [7, 11) is 0. The van der Waals surface area contributed by atoms with Gasteiger partial charge in [0.05, 0.1) is 6.61 Å². The Hall–Kier alpha value is -1.13. The van der Waals surface area contributed by atoms with Crippen LogP contribution in [0.5, 0.6) is 5.75 Å². The first-order chi connectivity index (χ1) is 8.24. The molecule has 0 saturated heterocycles. The summed E-state index contributed by atoms with van der Waals surface area (Å²) in [6, 6.07) is 4.07. The predicted molar refractivity (Wildman–Crippen MR) is 63.3 cm³/mol. The van der Waals surface area contributed by atoms with Crippen molar-refractivity contribution in [3.8, 4) is 5.75 Å². The Morgan fingerprint density at radius 3 is 2.88 bits per heavy atom. The number of hydrogen-bond acceptors (Lipinski definition) is 3. The van der Waals surface area contributed by atoms with Gasteiger partial charge in [0.2, 0.25) is 0 Å². The summed E-state index contributed by atoms with van der Waals surface area (Å²) >= 11 is 0. The molecule has 1 aliphatic carbocycles. The topological polar surface area (TPSA) is 41.5 Å². The molecule has 0 spiro atoms. The Morgan fingerprint density at radius 1 is 1.35 bits per heavy atom. The smallest absolute Gasteiger partial charge is 0.127 e. The van der Waals surface area contributed by atoms with Crippen LogP contribution in [0, 0.1) is 11.7 Å². The van der Waals surface area contributed by atoms with Gasteiger partial charge in [-0.15, -0.1) is 0 Å². The Labute approximate surface area is 101 Å². The fraction of sp³-hybridized carbons (Fsp3) is 0.538. The minimum atomic E-state index is -0.410. The standard InChI is InChI=1S/C13H18FNO2/c14-12-5-11(6-13(16)7-12)8-15-3-4-17-9-10-1-2-10/h5-7,10,15-16H,1-4,8-9H2. The number of rotatable bonds is 7. The van der Waals surface area contributed by atoms with Crippen LogP contribution in [0.1, 0.15) is 18.4 Å². The molecule has 0 radical (unpaired) electrons. The maximum atomic E-state index is 12.9. The minimum absolute atomic E-state index is 0.0354. The lowest BCUT2D eigenvalue weighted by Gasteiger charge is -2.06. The van der Waals surface area contributed by atoms with Gasteiger partial charge in [-0.2, -0.15) is 0 Å². The normalized spacial score (nSPS) is 15.1. The minimum Gasteiger partial charge on any atom is -0.508 e. The molecule has 0 amide bonds. The van der Waals surface area contributed by atoms with E-state index in [0.717, 1.165) is 30.7 Å². The molecule has 4 heteroatoms. The van der Waals surface area contributed by atoms with Crippen LogP contribution in [0.25, 0.3) is 0 Å². The fourth-order valence-electron chi connectivity index (χ4n) is 1.65. The number of aromatic hydroxyl groups is 1. The summed E-state index contributed by atoms with van der Waals surface area (Å²) in [5.74, 6) is 0.341. The summed E-state index contributed by atoms with van der Waals surface area (Å²) in [5, 5.41) is 12.4. The summed E-state index contributed by atoms with van der Waals surface area (Å²) in [4.78, 5) is 0. The van der Waals surface area contributed by atoms with E-state index in [1.807, 2.05) is 0 Å². The van der Waals surface area contributed by atoms with Gasteiger partial charge in [-0.25, -0.2) is 4.39 Å². The van der Waals surface area contributed by atoms with Crippen molar-refractivity contribution in [1.29, 1.82) is 0 Å². The van der Waals surface area contributed by atoms with Crippen molar-refractivity contribution < 1.29 is 14.2 Å². The highest BCUT2D eigenvalue weighted by Gasteiger charge is 2.20. The zero-order chi connectivity index (χ0) is 12.1. The van der Waals surface area contributed by atoms with Crippen molar-refractivity contribution in [3.63, 3.8) is 0 Å². The Morgan fingerprint density at radius 2 is 2.18 bits per heavy atom. The van der Waals surface area contributed by atoms with Crippen LogP contribution < -0.4 is 5.32 Å². The van der Waals surface area contributed by atoms with E-state index in [-0.39, 0.29) is 5.75 Å².